The normalized spacial score (nSPS) is 17.3. The first-order valence-electron chi connectivity index (χ1n) is 9.66. The van der Waals surface area contributed by atoms with Crippen molar-refractivity contribution < 1.29 is 9.84 Å². The van der Waals surface area contributed by atoms with Crippen molar-refractivity contribution >= 4 is 5.96 Å². The number of guanidine groups is 1. The van der Waals surface area contributed by atoms with Crippen LogP contribution in [0.3, 0.4) is 0 Å². The number of β-amino-alcohol motifs (C(OH)–C–C–N with tert-alkyl or cyclic N) is 1. The summed E-state index contributed by atoms with van der Waals surface area (Å²) in [7, 11) is 0. The third-order valence-corrected chi connectivity index (χ3v) is 4.68. The molecule has 144 valence electrons. The number of likely N-dealkylation sites (tertiary alicyclic amines) is 1. The molecular formula is C22H29N3O2. The zero-order chi connectivity index (χ0) is 18.9. The molecule has 0 amide bonds. The Kier molecular flexibility index (Phi) is 7.25. The lowest BCUT2D eigenvalue weighted by molar-refractivity contribution is 0.106. The molecule has 0 spiro atoms. The lowest BCUT2D eigenvalue weighted by Crippen LogP contribution is -2.40. The van der Waals surface area contributed by atoms with E-state index in [4.69, 9.17) is 9.73 Å². The second kappa shape index (κ2) is 10.1. The summed E-state index contributed by atoms with van der Waals surface area (Å²) in [4.78, 5) is 6.92. The van der Waals surface area contributed by atoms with E-state index in [1.54, 1.807) is 0 Å². The van der Waals surface area contributed by atoms with E-state index in [9.17, 15) is 5.11 Å². The lowest BCUT2D eigenvalue weighted by atomic mass is 10.1. The summed E-state index contributed by atoms with van der Waals surface area (Å²) in [6, 6.07) is 18.5. The molecule has 1 atom stereocenters. The fraction of sp³-hybridized carbons (Fsp3) is 0.409. The Morgan fingerprint density at radius 2 is 1.85 bits per heavy atom. The molecule has 5 nitrogen and oxygen atoms in total. The molecule has 2 N–H and O–H groups in total. The smallest absolute Gasteiger partial charge is 0.194 e. The molecule has 0 bridgehead atoms. The number of nitrogens with zero attached hydrogens (tertiary/aromatic N) is 2. The summed E-state index contributed by atoms with van der Waals surface area (Å²) in [5.74, 6) is 0.869. The molecule has 3 rings (SSSR count). The molecule has 1 aliphatic heterocycles. The third kappa shape index (κ3) is 5.81. The van der Waals surface area contributed by atoms with E-state index in [-0.39, 0.29) is 6.10 Å². The molecular weight excluding hydrogens is 338 g/mol. The van der Waals surface area contributed by atoms with Gasteiger partial charge in [-0.3, -0.25) is 0 Å². The van der Waals surface area contributed by atoms with Crippen molar-refractivity contribution in [3.63, 3.8) is 0 Å². The van der Waals surface area contributed by atoms with Gasteiger partial charge in [-0.1, -0.05) is 54.6 Å². The molecule has 2 aromatic carbocycles. The molecule has 1 heterocycles. The molecule has 0 radical (unpaired) electrons. The maximum Gasteiger partial charge on any atom is 0.194 e. The van der Waals surface area contributed by atoms with Gasteiger partial charge in [-0.15, -0.1) is 0 Å². The molecule has 0 unspecified atom stereocenters. The monoisotopic (exact) mass is 367 g/mol. The maximum absolute atomic E-state index is 9.80. The number of nitrogens with one attached hydrogen (secondary N) is 1. The Balaban J connectivity index is 1.62. The van der Waals surface area contributed by atoms with Gasteiger partial charge in [0.1, 0.15) is 0 Å². The van der Waals surface area contributed by atoms with Crippen LogP contribution in [0, 0.1) is 0 Å². The van der Waals surface area contributed by atoms with Crippen molar-refractivity contribution in [2.45, 2.75) is 39.2 Å². The van der Waals surface area contributed by atoms with Crippen LogP contribution in [0.1, 0.15) is 30.0 Å². The van der Waals surface area contributed by atoms with Crippen molar-refractivity contribution in [3.8, 4) is 0 Å². The fourth-order valence-corrected chi connectivity index (χ4v) is 3.23. The minimum absolute atomic E-state index is 0.257. The highest BCUT2D eigenvalue weighted by Gasteiger charge is 2.22. The summed E-state index contributed by atoms with van der Waals surface area (Å²) in [6.07, 6.45) is 0.543. The van der Waals surface area contributed by atoms with Crippen LogP contribution in [0.15, 0.2) is 59.6 Å². The van der Waals surface area contributed by atoms with E-state index in [1.807, 2.05) is 30.3 Å². The first-order chi connectivity index (χ1) is 13.3. The highest BCUT2D eigenvalue weighted by atomic mass is 16.5. The molecule has 1 saturated heterocycles. The predicted molar refractivity (Wildman–Crippen MR) is 108 cm³/mol. The summed E-state index contributed by atoms with van der Waals surface area (Å²) >= 11 is 0. The summed E-state index contributed by atoms with van der Waals surface area (Å²) in [5, 5.41) is 13.1. The van der Waals surface area contributed by atoms with Gasteiger partial charge < -0.3 is 20.1 Å². The third-order valence-electron chi connectivity index (χ3n) is 4.68. The van der Waals surface area contributed by atoms with Gasteiger partial charge >= 0.3 is 0 Å². The highest BCUT2D eigenvalue weighted by Crippen LogP contribution is 2.14. The first-order valence-corrected chi connectivity index (χ1v) is 9.66. The SMILES string of the molecule is CCNC(=NCc1ccccc1COCc1ccccc1)N1CC[C@@H](O)C1. The van der Waals surface area contributed by atoms with Crippen LogP contribution in [0.2, 0.25) is 0 Å². The first kappa shape index (κ1) is 19.4. The van der Waals surface area contributed by atoms with Crippen LogP contribution in [-0.2, 0) is 24.5 Å². The number of aliphatic hydroxyl groups excluding tert-OH is 1. The van der Waals surface area contributed by atoms with Crippen LogP contribution in [-0.4, -0.2) is 41.7 Å². The average molecular weight is 367 g/mol. The summed E-state index contributed by atoms with van der Waals surface area (Å²) in [6.45, 7) is 6.13. The van der Waals surface area contributed by atoms with Gasteiger partial charge in [0.25, 0.3) is 0 Å². The van der Waals surface area contributed by atoms with E-state index in [2.05, 4.69) is 41.4 Å². The molecule has 0 aromatic heterocycles. The maximum atomic E-state index is 9.80. The highest BCUT2D eigenvalue weighted by molar-refractivity contribution is 5.80. The molecule has 0 saturated carbocycles. The number of benzene rings is 2. The standard InChI is InChI=1S/C22H29N3O2/c1-2-23-22(25-13-12-21(26)15-25)24-14-19-10-6-7-11-20(19)17-27-16-18-8-4-3-5-9-18/h3-11,21,26H,2,12-17H2,1H3,(H,23,24)/t21-/m1/s1. The summed E-state index contributed by atoms with van der Waals surface area (Å²) < 4.78 is 5.91. The van der Waals surface area contributed by atoms with Crippen molar-refractivity contribution in [1.29, 1.82) is 0 Å². The van der Waals surface area contributed by atoms with Crippen LogP contribution in [0.4, 0.5) is 0 Å². The van der Waals surface area contributed by atoms with E-state index in [1.165, 1.54) is 11.1 Å². The Morgan fingerprint density at radius 3 is 2.56 bits per heavy atom. The van der Waals surface area contributed by atoms with Gasteiger partial charge in [-0.05, 0) is 30.0 Å². The molecule has 0 aliphatic carbocycles. The lowest BCUT2D eigenvalue weighted by Gasteiger charge is -2.21. The summed E-state index contributed by atoms with van der Waals surface area (Å²) in [5.41, 5.74) is 3.50. The topological polar surface area (TPSA) is 57.1 Å². The van der Waals surface area contributed by atoms with E-state index in [0.717, 1.165) is 31.0 Å². The van der Waals surface area contributed by atoms with Gasteiger partial charge in [0.15, 0.2) is 5.96 Å². The predicted octanol–water partition coefficient (Wildman–Crippen LogP) is 2.94. The Hall–Kier alpha value is -2.37. The van der Waals surface area contributed by atoms with E-state index in [0.29, 0.717) is 26.3 Å². The van der Waals surface area contributed by atoms with Crippen molar-refractivity contribution in [3.05, 3.63) is 71.3 Å². The zero-order valence-electron chi connectivity index (χ0n) is 16.0. The van der Waals surface area contributed by atoms with Crippen LogP contribution >= 0.6 is 0 Å². The van der Waals surface area contributed by atoms with Gasteiger partial charge in [-0.2, -0.15) is 0 Å². The second-order valence-electron chi connectivity index (χ2n) is 6.81. The van der Waals surface area contributed by atoms with E-state index >= 15 is 0 Å². The number of aliphatic hydroxyl groups is 1. The second-order valence-corrected chi connectivity index (χ2v) is 6.81. The molecule has 1 fully saturated rings. The zero-order valence-corrected chi connectivity index (χ0v) is 16.0. The molecule has 5 heteroatoms. The van der Waals surface area contributed by atoms with Crippen molar-refractivity contribution in [1.82, 2.24) is 10.2 Å². The fourth-order valence-electron chi connectivity index (χ4n) is 3.23. The Bertz CT molecular complexity index is 733. The number of rotatable bonds is 7. The number of hydrogen-bond donors (Lipinski definition) is 2. The largest absolute Gasteiger partial charge is 0.391 e. The van der Waals surface area contributed by atoms with Gasteiger partial charge in [0.05, 0.1) is 25.9 Å². The van der Waals surface area contributed by atoms with Crippen LogP contribution in [0.5, 0.6) is 0 Å². The number of ether oxygens (including phenoxy) is 1. The van der Waals surface area contributed by atoms with Crippen LogP contribution in [0.25, 0.3) is 0 Å². The van der Waals surface area contributed by atoms with Crippen molar-refractivity contribution in [2.75, 3.05) is 19.6 Å². The number of hydrogen-bond acceptors (Lipinski definition) is 3. The quantitative estimate of drug-likeness (QED) is 0.584. The average Bonchev–Trinajstić information content (AvgIpc) is 3.13. The van der Waals surface area contributed by atoms with Crippen LogP contribution < -0.4 is 5.32 Å². The molecule has 27 heavy (non-hydrogen) atoms. The molecule has 1 aliphatic rings. The van der Waals surface area contributed by atoms with Crippen molar-refractivity contribution in [2.24, 2.45) is 4.99 Å². The van der Waals surface area contributed by atoms with Gasteiger partial charge in [0.2, 0.25) is 0 Å². The Labute approximate surface area is 161 Å². The van der Waals surface area contributed by atoms with Gasteiger partial charge in [-0.25, -0.2) is 4.99 Å². The minimum atomic E-state index is -0.257. The van der Waals surface area contributed by atoms with Gasteiger partial charge in [0, 0.05) is 19.6 Å². The minimum Gasteiger partial charge on any atom is -0.391 e. The van der Waals surface area contributed by atoms with E-state index < -0.39 is 0 Å². The number of aliphatic imine (C=N–C) groups is 1. The molecule has 2 aromatic rings. The Morgan fingerprint density at radius 1 is 1.11 bits per heavy atom.